The van der Waals surface area contributed by atoms with Gasteiger partial charge in [0.25, 0.3) is 5.78 Å². The number of hydrogen-bond donors (Lipinski definition) is 0. The van der Waals surface area contributed by atoms with Crippen LogP contribution in [0.15, 0.2) is 164 Å². The van der Waals surface area contributed by atoms with E-state index in [0.717, 1.165) is 33.4 Å². The van der Waals surface area contributed by atoms with E-state index in [4.69, 9.17) is 15.1 Å². The molecule has 8 aromatic carbocycles. The summed E-state index contributed by atoms with van der Waals surface area (Å²) in [7, 11) is 0. The largest absolute Gasteiger partial charge is 0.308 e. The van der Waals surface area contributed by atoms with Crippen LogP contribution in [0.4, 0.5) is 0 Å². The fraction of sp³-hybridized carbons (Fsp3) is 0.0577. The van der Waals surface area contributed by atoms with Crippen molar-refractivity contribution in [2.45, 2.75) is 19.3 Å². The first-order valence-corrected chi connectivity index (χ1v) is 20.6. The fourth-order valence-electron chi connectivity index (χ4n) is 9.93. The molecule has 0 bridgehead atoms. The number of benzene rings is 8. The first-order valence-electron chi connectivity index (χ1n) is 19.8. The molecule has 0 aliphatic heterocycles. The van der Waals surface area contributed by atoms with Gasteiger partial charge in [0.05, 0.1) is 26.9 Å². The van der Waals surface area contributed by atoms with Crippen LogP contribution in [0.1, 0.15) is 25.0 Å². The highest BCUT2D eigenvalue weighted by Crippen LogP contribution is 2.50. The Bertz CT molecular complexity index is 3730. The van der Waals surface area contributed by atoms with Crippen molar-refractivity contribution >= 4 is 80.8 Å². The second-order valence-electron chi connectivity index (χ2n) is 16.0. The molecule has 0 amide bonds. The third-order valence-electron chi connectivity index (χ3n) is 12.6. The highest BCUT2D eigenvalue weighted by atomic mass is 32.1. The maximum atomic E-state index is 5.27. The quantitative estimate of drug-likeness (QED) is 0.180. The van der Waals surface area contributed by atoms with Crippen LogP contribution in [0.5, 0.6) is 0 Å². The van der Waals surface area contributed by atoms with E-state index >= 15 is 0 Å². The van der Waals surface area contributed by atoms with Crippen molar-refractivity contribution < 1.29 is 0 Å². The molecule has 58 heavy (non-hydrogen) atoms. The Balaban J connectivity index is 1.02. The second kappa shape index (κ2) is 11.5. The summed E-state index contributed by atoms with van der Waals surface area (Å²) in [5, 5.41) is 13.9. The van der Waals surface area contributed by atoms with Gasteiger partial charge >= 0.3 is 0 Å². The molecule has 0 atom stereocenters. The minimum atomic E-state index is -0.110. The fourth-order valence-corrected chi connectivity index (χ4v) is 11.2. The Kier molecular flexibility index (Phi) is 6.32. The summed E-state index contributed by atoms with van der Waals surface area (Å²) >= 11 is 1.88. The van der Waals surface area contributed by atoms with Crippen molar-refractivity contribution in [2.75, 3.05) is 0 Å². The van der Waals surface area contributed by atoms with Gasteiger partial charge in [-0.05, 0) is 69.4 Å². The monoisotopic (exact) mass is 759 g/mol. The van der Waals surface area contributed by atoms with E-state index in [-0.39, 0.29) is 5.41 Å². The molecule has 12 aromatic rings. The molecular weight excluding hydrogens is 727 g/mol. The molecule has 0 radical (unpaired) electrons. The zero-order chi connectivity index (χ0) is 38.3. The molecule has 0 spiro atoms. The Labute approximate surface area is 337 Å². The molecule has 0 fully saturated rings. The highest BCUT2D eigenvalue weighted by Gasteiger charge is 2.35. The average Bonchev–Trinajstić information content (AvgIpc) is 4.03. The molecule has 4 heterocycles. The van der Waals surface area contributed by atoms with Gasteiger partial charge in [-0.15, -0.1) is 16.4 Å². The zero-order valence-electron chi connectivity index (χ0n) is 31.7. The zero-order valence-corrected chi connectivity index (χ0v) is 32.5. The van der Waals surface area contributed by atoms with E-state index in [2.05, 4.69) is 182 Å². The molecule has 5 nitrogen and oxygen atoms in total. The number of fused-ring (bicyclic) bond motifs is 16. The third kappa shape index (κ3) is 4.22. The molecule has 1 aliphatic carbocycles. The molecule has 6 heteroatoms. The Morgan fingerprint density at radius 3 is 2.07 bits per heavy atom. The highest BCUT2D eigenvalue weighted by molar-refractivity contribution is 7.27. The van der Waals surface area contributed by atoms with Crippen LogP contribution in [0, 0.1) is 0 Å². The lowest BCUT2D eigenvalue weighted by Crippen LogP contribution is -2.15. The summed E-state index contributed by atoms with van der Waals surface area (Å²) in [6.45, 7) is 4.64. The summed E-state index contributed by atoms with van der Waals surface area (Å²) in [4.78, 5) is 10.4. The summed E-state index contributed by atoms with van der Waals surface area (Å²) in [5.74, 6) is 1.22. The lowest BCUT2D eigenvalue weighted by Gasteiger charge is -2.22. The average molecular weight is 760 g/mol. The van der Waals surface area contributed by atoms with Gasteiger partial charge in [0.15, 0.2) is 5.82 Å². The van der Waals surface area contributed by atoms with E-state index in [0.29, 0.717) is 11.6 Å². The van der Waals surface area contributed by atoms with Gasteiger partial charge in [-0.1, -0.05) is 141 Å². The van der Waals surface area contributed by atoms with Gasteiger partial charge < -0.3 is 4.57 Å². The van der Waals surface area contributed by atoms with E-state index in [9.17, 15) is 0 Å². The minimum absolute atomic E-state index is 0.110. The smallest absolute Gasteiger partial charge is 0.253 e. The maximum Gasteiger partial charge on any atom is 0.253 e. The molecule has 0 saturated heterocycles. The Morgan fingerprint density at radius 2 is 1.21 bits per heavy atom. The third-order valence-corrected chi connectivity index (χ3v) is 13.7. The molecule has 0 saturated carbocycles. The lowest BCUT2D eigenvalue weighted by molar-refractivity contribution is 0.660. The predicted octanol–water partition coefficient (Wildman–Crippen LogP) is 13.5. The summed E-state index contributed by atoms with van der Waals surface area (Å²) in [5.41, 5.74) is 12.6. The summed E-state index contributed by atoms with van der Waals surface area (Å²) < 4.78 is 6.95. The Hall–Kier alpha value is -7.15. The summed E-state index contributed by atoms with van der Waals surface area (Å²) in [6, 6.07) is 59.2. The van der Waals surface area contributed by atoms with Crippen LogP contribution in [0.3, 0.4) is 0 Å². The van der Waals surface area contributed by atoms with Crippen LogP contribution in [-0.4, -0.2) is 24.1 Å². The van der Waals surface area contributed by atoms with Gasteiger partial charge in [-0.2, -0.15) is 9.50 Å². The second-order valence-corrected chi connectivity index (χ2v) is 17.1. The molecule has 13 rings (SSSR count). The SMILES string of the molecule is CC1(C)c2ccccc2-c2ccc(-c3nc4nc(-c5cccc(-n6c7ccccc7c7c8ccccc8c8c9ccccc9sc8c76)c5)nn4c4ccccc34)cc21. The van der Waals surface area contributed by atoms with Crippen molar-refractivity contribution in [3.8, 4) is 39.5 Å². The lowest BCUT2D eigenvalue weighted by atomic mass is 9.82. The summed E-state index contributed by atoms with van der Waals surface area (Å²) in [6.07, 6.45) is 0. The van der Waals surface area contributed by atoms with Crippen LogP contribution >= 0.6 is 11.3 Å². The van der Waals surface area contributed by atoms with E-state index in [1.165, 1.54) is 75.0 Å². The number of rotatable bonds is 3. The van der Waals surface area contributed by atoms with Crippen molar-refractivity contribution in [1.82, 2.24) is 24.1 Å². The first kappa shape index (κ1) is 32.0. The van der Waals surface area contributed by atoms with Crippen molar-refractivity contribution in [1.29, 1.82) is 0 Å². The first-order chi connectivity index (χ1) is 28.5. The van der Waals surface area contributed by atoms with Crippen molar-refractivity contribution in [3.63, 3.8) is 0 Å². The number of thiophene rings is 1. The predicted molar refractivity (Wildman–Crippen MR) is 241 cm³/mol. The van der Waals surface area contributed by atoms with Crippen LogP contribution in [0.25, 0.3) is 109 Å². The molecule has 4 aromatic heterocycles. The van der Waals surface area contributed by atoms with E-state index in [1.54, 1.807) is 0 Å². The van der Waals surface area contributed by atoms with Gasteiger partial charge in [0, 0.05) is 53.9 Å². The van der Waals surface area contributed by atoms with Gasteiger partial charge in [0.2, 0.25) is 0 Å². The number of hydrogen-bond acceptors (Lipinski definition) is 4. The topological polar surface area (TPSA) is 48.0 Å². The number of aromatic nitrogens is 5. The molecule has 272 valence electrons. The normalized spacial score (nSPS) is 13.5. The standard InChI is InChI=1S/C52H33N5S/c1-52(2)40-22-9-5-16-33(40)34-27-26-30(29-41(34)52)47-38-20-7-11-24-43(38)57-51(53-47)54-50(55-57)31-14-13-15-32(28-31)56-42-23-10-6-19-37(42)45-35-17-3-4-18-36(35)46-39-21-8-12-25-44(39)58-49(46)48(45)56/h3-29H,1-2H3. The van der Waals surface area contributed by atoms with Crippen LogP contribution < -0.4 is 0 Å². The molecule has 0 N–H and O–H groups in total. The maximum absolute atomic E-state index is 5.27. The van der Waals surface area contributed by atoms with Crippen molar-refractivity contribution in [2.24, 2.45) is 0 Å². The van der Waals surface area contributed by atoms with Gasteiger partial charge in [0.1, 0.15) is 0 Å². The molecular formula is C52H33N5S. The molecule has 1 aliphatic rings. The number of para-hydroxylation sites is 2. The Morgan fingerprint density at radius 1 is 0.517 bits per heavy atom. The van der Waals surface area contributed by atoms with E-state index in [1.807, 2.05) is 15.9 Å². The van der Waals surface area contributed by atoms with Crippen molar-refractivity contribution in [3.05, 3.63) is 175 Å². The minimum Gasteiger partial charge on any atom is -0.308 e. The van der Waals surface area contributed by atoms with E-state index < -0.39 is 0 Å². The number of nitrogens with zero attached hydrogens (tertiary/aromatic N) is 5. The molecule has 0 unspecified atom stereocenters. The van der Waals surface area contributed by atoms with Gasteiger partial charge in [-0.25, -0.2) is 4.98 Å². The van der Waals surface area contributed by atoms with Gasteiger partial charge in [-0.3, -0.25) is 0 Å². The van der Waals surface area contributed by atoms with Crippen LogP contribution in [0.2, 0.25) is 0 Å². The van der Waals surface area contributed by atoms with Crippen LogP contribution in [-0.2, 0) is 5.41 Å².